The van der Waals surface area contributed by atoms with Gasteiger partial charge in [0.1, 0.15) is 6.54 Å². The van der Waals surface area contributed by atoms with Gasteiger partial charge in [-0.3, -0.25) is 19.0 Å². The molecule has 0 saturated heterocycles. The van der Waals surface area contributed by atoms with Crippen LogP contribution in [0.3, 0.4) is 0 Å². The summed E-state index contributed by atoms with van der Waals surface area (Å²) >= 11 is 0. The van der Waals surface area contributed by atoms with E-state index in [1.54, 1.807) is 31.3 Å². The molecule has 0 unspecified atom stereocenters. The molecule has 7 heteroatoms. The number of likely N-dealkylation sites (N-methyl/N-ethyl adjacent to an activating group) is 1. The van der Waals surface area contributed by atoms with Crippen molar-refractivity contribution >= 4 is 16.9 Å². The molecule has 24 heavy (non-hydrogen) atoms. The summed E-state index contributed by atoms with van der Waals surface area (Å²) < 4.78 is 2.55. The zero-order chi connectivity index (χ0) is 17.7. The Labute approximate surface area is 140 Å². The van der Waals surface area contributed by atoms with Crippen LogP contribution in [0, 0.1) is 0 Å². The van der Waals surface area contributed by atoms with E-state index in [2.05, 4.69) is 24.1 Å². The van der Waals surface area contributed by atoms with Crippen LogP contribution >= 0.6 is 0 Å². The van der Waals surface area contributed by atoms with Crippen molar-refractivity contribution in [1.29, 1.82) is 0 Å². The van der Waals surface area contributed by atoms with Crippen LogP contribution in [0.25, 0.3) is 11.0 Å². The van der Waals surface area contributed by atoms with E-state index in [0.29, 0.717) is 17.6 Å². The van der Waals surface area contributed by atoms with E-state index in [0.717, 1.165) is 19.6 Å². The molecule has 2 aromatic rings. The molecule has 1 amide bonds. The molecule has 0 radical (unpaired) electrons. The number of aryl methyl sites for hydroxylation is 1. The summed E-state index contributed by atoms with van der Waals surface area (Å²) in [6.07, 6.45) is 0. The molecule has 0 atom stereocenters. The van der Waals surface area contributed by atoms with Gasteiger partial charge in [-0.05, 0) is 25.2 Å². The van der Waals surface area contributed by atoms with Crippen LogP contribution in [0.15, 0.2) is 33.9 Å². The second kappa shape index (κ2) is 7.92. The van der Waals surface area contributed by atoms with Crippen LogP contribution in [0.5, 0.6) is 0 Å². The number of carbonyl (C=O) groups excluding carboxylic acids is 1. The largest absolute Gasteiger partial charge is 0.353 e. The summed E-state index contributed by atoms with van der Waals surface area (Å²) in [6.45, 7) is 7.08. The molecule has 1 aromatic carbocycles. The van der Waals surface area contributed by atoms with Crippen molar-refractivity contribution in [2.24, 2.45) is 7.05 Å². The highest BCUT2D eigenvalue weighted by molar-refractivity contribution is 5.80. The van der Waals surface area contributed by atoms with E-state index in [1.807, 2.05) is 0 Å². The second-order valence-electron chi connectivity index (χ2n) is 5.62. The fourth-order valence-electron chi connectivity index (χ4n) is 2.70. The molecular formula is C17H24N4O3. The monoisotopic (exact) mass is 332 g/mol. The molecule has 7 nitrogen and oxygen atoms in total. The highest BCUT2D eigenvalue weighted by atomic mass is 16.2. The summed E-state index contributed by atoms with van der Waals surface area (Å²) in [5.41, 5.74) is -0.124. The zero-order valence-electron chi connectivity index (χ0n) is 14.4. The third kappa shape index (κ3) is 3.73. The van der Waals surface area contributed by atoms with Gasteiger partial charge in [0, 0.05) is 20.1 Å². The highest BCUT2D eigenvalue weighted by Crippen LogP contribution is 2.08. The van der Waals surface area contributed by atoms with E-state index in [4.69, 9.17) is 0 Å². The molecule has 0 aliphatic heterocycles. The van der Waals surface area contributed by atoms with E-state index in [9.17, 15) is 14.4 Å². The number of fused-ring (bicyclic) bond motifs is 1. The number of hydrogen-bond acceptors (Lipinski definition) is 4. The quantitative estimate of drug-likeness (QED) is 0.733. The Morgan fingerprint density at radius 1 is 1.08 bits per heavy atom. The minimum Gasteiger partial charge on any atom is -0.353 e. The number of nitrogens with one attached hydrogen (secondary N) is 1. The van der Waals surface area contributed by atoms with Gasteiger partial charge in [-0.25, -0.2) is 0 Å². The molecule has 2 rings (SSSR count). The lowest BCUT2D eigenvalue weighted by Gasteiger charge is -2.18. The van der Waals surface area contributed by atoms with Crippen molar-refractivity contribution < 1.29 is 4.79 Å². The van der Waals surface area contributed by atoms with Crippen molar-refractivity contribution in [1.82, 2.24) is 19.4 Å². The number of carbonyl (C=O) groups is 1. The minimum atomic E-state index is -0.685. The molecule has 1 N–H and O–H groups in total. The number of amides is 1. The minimum absolute atomic E-state index is 0.159. The summed E-state index contributed by atoms with van der Waals surface area (Å²) in [4.78, 5) is 38.7. The maximum Gasteiger partial charge on any atom is 0.317 e. The molecule has 1 aromatic heterocycles. The van der Waals surface area contributed by atoms with Crippen LogP contribution in [-0.2, 0) is 18.4 Å². The smallest absolute Gasteiger partial charge is 0.317 e. The first kappa shape index (κ1) is 17.9. The predicted molar refractivity (Wildman–Crippen MR) is 94.2 cm³/mol. The van der Waals surface area contributed by atoms with Crippen LogP contribution in [0.2, 0.25) is 0 Å². The Hall–Kier alpha value is -2.41. The Morgan fingerprint density at radius 2 is 1.71 bits per heavy atom. The Kier molecular flexibility index (Phi) is 5.92. The van der Waals surface area contributed by atoms with Crippen molar-refractivity contribution in [3.05, 3.63) is 45.0 Å². The Bertz CT molecular complexity index is 834. The molecule has 0 aliphatic rings. The van der Waals surface area contributed by atoms with Crippen LogP contribution in [-0.4, -0.2) is 46.1 Å². The Morgan fingerprint density at radius 3 is 2.33 bits per heavy atom. The van der Waals surface area contributed by atoms with Gasteiger partial charge in [0.15, 0.2) is 0 Å². The Balaban J connectivity index is 2.20. The fourth-order valence-corrected chi connectivity index (χ4v) is 2.70. The summed E-state index contributed by atoms with van der Waals surface area (Å²) in [6, 6.07) is 7.06. The molecule has 0 saturated carbocycles. The summed E-state index contributed by atoms with van der Waals surface area (Å²) in [5, 5.41) is 2.81. The lowest BCUT2D eigenvalue weighted by atomic mass is 10.3. The number of hydrogen-bond donors (Lipinski definition) is 1. The molecular weight excluding hydrogens is 308 g/mol. The maximum atomic E-state index is 12.3. The first-order valence-electron chi connectivity index (χ1n) is 8.17. The van der Waals surface area contributed by atoms with Crippen LogP contribution in [0.1, 0.15) is 13.8 Å². The van der Waals surface area contributed by atoms with E-state index < -0.39 is 11.1 Å². The van der Waals surface area contributed by atoms with Gasteiger partial charge in [-0.15, -0.1) is 0 Å². The molecule has 0 fully saturated rings. The molecule has 0 spiro atoms. The topological polar surface area (TPSA) is 76.3 Å². The zero-order valence-corrected chi connectivity index (χ0v) is 14.4. The van der Waals surface area contributed by atoms with E-state index in [1.165, 1.54) is 9.13 Å². The van der Waals surface area contributed by atoms with Crippen molar-refractivity contribution in [2.75, 3.05) is 26.2 Å². The molecule has 0 bridgehead atoms. The second-order valence-corrected chi connectivity index (χ2v) is 5.62. The van der Waals surface area contributed by atoms with E-state index in [-0.39, 0.29) is 12.5 Å². The summed E-state index contributed by atoms with van der Waals surface area (Å²) in [5.74, 6) is -0.275. The fraction of sp³-hybridized carbons (Fsp3) is 0.471. The molecule has 1 heterocycles. The number of nitrogens with zero attached hydrogens (tertiary/aromatic N) is 3. The maximum absolute atomic E-state index is 12.3. The third-order valence-electron chi connectivity index (χ3n) is 4.21. The van der Waals surface area contributed by atoms with Crippen molar-refractivity contribution in [2.45, 2.75) is 20.4 Å². The van der Waals surface area contributed by atoms with Gasteiger partial charge in [-0.2, -0.15) is 0 Å². The highest BCUT2D eigenvalue weighted by Gasteiger charge is 2.13. The van der Waals surface area contributed by atoms with Gasteiger partial charge in [0.2, 0.25) is 5.91 Å². The normalized spacial score (nSPS) is 11.2. The lowest BCUT2D eigenvalue weighted by Crippen LogP contribution is -2.44. The predicted octanol–water partition coefficient (Wildman–Crippen LogP) is 0.158. The third-order valence-corrected chi connectivity index (χ3v) is 4.21. The number of aromatic nitrogens is 2. The van der Waals surface area contributed by atoms with Gasteiger partial charge < -0.3 is 14.8 Å². The average Bonchev–Trinajstić information content (AvgIpc) is 2.60. The van der Waals surface area contributed by atoms with Crippen molar-refractivity contribution in [3.63, 3.8) is 0 Å². The first-order chi connectivity index (χ1) is 11.5. The number of para-hydroxylation sites is 2. The lowest BCUT2D eigenvalue weighted by molar-refractivity contribution is -0.121. The average molecular weight is 332 g/mol. The van der Waals surface area contributed by atoms with Crippen LogP contribution in [0.4, 0.5) is 0 Å². The van der Waals surface area contributed by atoms with Gasteiger partial charge in [0.05, 0.1) is 11.0 Å². The van der Waals surface area contributed by atoms with Gasteiger partial charge in [-0.1, -0.05) is 26.0 Å². The van der Waals surface area contributed by atoms with Crippen LogP contribution < -0.4 is 16.4 Å². The molecule has 130 valence electrons. The van der Waals surface area contributed by atoms with E-state index >= 15 is 0 Å². The number of rotatable bonds is 7. The standard InChI is InChI=1S/C17H24N4O3/c1-4-20(5-2)11-10-18-15(22)12-21-14-9-7-6-8-13(14)19(3)16(23)17(21)24/h6-9H,4-5,10-12H2,1-3H3,(H,18,22). The van der Waals surface area contributed by atoms with Gasteiger partial charge >= 0.3 is 11.1 Å². The van der Waals surface area contributed by atoms with Crippen molar-refractivity contribution in [3.8, 4) is 0 Å². The summed E-state index contributed by atoms with van der Waals surface area (Å²) in [7, 11) is 1.56. The first-order valence-corrected chi connectivity index (χ1v) is 8.17. The molecule has 0 aliphatic carbocycles. The SMILES string of the molecule is CCN(CC)CCNC(=O)Cn1c(=O)c(=O)n(C)c2ccccc21. The van der Waals surface area contributed by atoms with Gasteiger partial charge in [0.25, 0.3) is 0 Å². The number of benzene rings is 1.